The first kappa shape index (κ1) is 20.4. The summed E-state index contributed by atoms with van der Waals surface area (Å²) in [6.07, 6.45) is 0.377. The normalized spacial score (nSPS) is 12.7. The Bertz CT molecular complexity index is 367. The van der Waals surface area contributed by atoms with E-state index in [2.05, 4.69) is 0 Å². The first-order valence-corrected chi connectivity index (χ1v) is 7.44. The lowest BCUT2D eigenvalue weighted by Crippen LogP contribution is -2.35. The number of phenols is 1. The molecule has 0 bridgehead atoms. The summed E-state index contributed by atoms with van der Waals surface area (Å²) in [5, 5.41) is 17.8. The van der Waals surface area contributed by atoms with Gasteiger partial charge in [0, 0.05) is 5.54 Å². The molecule has 0 saturated carbocycles. The molecule has 1 aromatic carbocycles. The van der Waals surface area contributed by atoms with Crippen LogP contribution in [0.4, 0.5) is 0 Å². The van der Waals surface area contributed by atoms with Gasteiger partial charge in [-0.25, -0.2) is 0 Å². The topological polar surface area (TPSA) is 66.5 Å². The van der Waals surface area contributed by atoms with E-state index in [1.54, 1.807) is 6.92 Å². The van der Waals surface area contributed by atoms with Gasteiger partial charge in [0.15, 0.2) is 5.75 Å². The van der Waals surface area contributed by atoms with Crippen LogP contribution >= 0.6 is 58.0 Å². The molecule has 116 valence electrons. The van der Waals surface area contributed by atoms with Gasteiger partial charge in [-0.15, -0.1) is 0 Å². The summed E-state index contributed by atoms with van der Waals surface area (Å²) in [6.45, 7) is 5.55. The molecule has 1 unspecified atom stereocenters. The van der Waals surface area contributed by atoms with E-state index in [9.17, 15) is 5.11 Å². The molecule has 8 heteroatoms. The lowest BCUT2D eigenvalue weighted by Gasteiger charge is -2.19. The van der Waals surface area contributed by atoms with Crippen molar-refractivity contribution in [1.82, 2.24) is 0 Å². The predicted molar refractivity (Wildman–Crippen MR) is 87.7 cm³/mol. The van der Waals surface area contributed by atoms with E-state index in [-0.39, 0.29) is 42.5 Å². The highest BCUT2D eigenvalue weighted by atomic mass is 35.5. The maximum atomic E-state index is 9.20. The highest BCUT2D eigenvalue weighted by molar-refractivity contribution is 6.55. The second kappa shape index (κ2) is 8.14. The fourth-order valence-electron chi connectivity index (χ4n) is 1.35. The number of hydrogen-bond acceptors (Lipinski definition) is 3. The largest absolute Gasteiger partial charge is 0.505 e. The Morgan fingerprint density at radius 3 is 1.45 bits per heavy atom. The molecule has 4 N–H and O–H groups in total. The minimum atomic E-state index is -0.363. The number of rotatable bonds is 2. The molecule has 0 radical (unpaired) electrons. The van der Waals surface area contributed by atoms with E-state index < -0.39 is 0 Å². The standard InChI is InChI=1S/C6HCl5O.C6H15NO/c7-1-2(8)4(10)6(12)5(11)3(1)9;1-5(8)4-6(2,3)7/h12H;5,8H,4,7H2,1-3H3. The van der Waals surface area contributed by atoms with Crippen LogP contribution < -0.4 is 5.73 Å². The average molecular weight is 384 g/mol. The molecule has 0 aliphatic heterocycles. The Labute approximate surface area is 143 Å². The van der Waals surface area contributed by atoms with Crippen molar-refractivity contribution in [3.05, 3.63) is 25.1 Å². The summed E-state index contributed by atoms with van der Waals surface area (Å²) >= 11 is 27.9. The molecule has 0 heterocycles. The van der Waals surface area contributed by atoms with Gasteiger partial charge in [-0.3, -0.25) is 0 Å². The number of aliphatic hydroxyl groups is 1. The fourth-order valence-corrected chi connectivity index (χ4v) is 2.48. The molecule has 3 nitrogen and oxygen atoms in total. The van der Waals surface area contributed by atoms with Crippen LogP contribution in [0.15, 0.2) is 0 Å². The van der Waals surface area contributed by atoms with Gasteiger partial charge >= 0.3 is 0 Å². The maximum Gasteiger partial charge on any atom is 0.155 e. The van der Waals surface area contributed by atoms with Gasteiger partial charge in [-0.05, 0) is 27.2 Å². The van der Waals surface area contributed by atoms with Gasteiger partial charge in [0.1, 0.15) is 10.0 Å². The maximum absolute atomic E-state index is 9.20. The van der Waals surface area contributed by atoms with Crippen LogP contribution in [0.1, 0.15) is 27.2 Å². The lowest BCUT2D eigenvalue weighted by molar-refractivity contribution is 0.158. The average Bonchev–Trinajstić information content (AvgIpc) is 2.29. The van der Waals surface area contributed by atoms with Crippen molar-refractivity contribution in [2.75, 3.05) is 0 Å². The molecular weight excluding hydrogens is 367 g/mol. The second-order valence-corrected chi connectivity index (χ2v) is 6.85. The number of nitrogens with two attached hydrogens (primary N) is 1. The van der Waals surface area contributed by atoms with Crippen LogP contribution in [0, 0.1) is 0 Å². The molecule has 0 saturated heterocycles. The Morgan fingerprint density at radius 1 is 0.950 bits per heavy atom. The summed E-state index contributed by atoms with van der Waals surface area (Å²) in [6, 6.07) is 0. The van der Waals surface area contributed by atoms with E-state index in [0.29, 0.717) is 6.42 Å². The van der Waals surface area contributed by atoms with Crippen molar-refractivity contribution in [1.29, 1.82) is 0 Å². The van der Waals surface area contributed by atoms with Gasteiger partial charge in [0.2, 0.25) is 0 Å². The SMILES string of the molecule is CC(O)CC(C)(C)N.Oc1c(Cl)c(Cl)c(Cl)c(Cl)c1Cl. The molecule has 1 rings (SSSR count). The Kier molecular flexibility index (Phi) is 8.29. The predicted octanol–water partition coefficient (Wildman–Crippen LogP) is 5.15. The van der Waals surface area contributed by atoms with Gasteiger partial charge in [0.25, 0.3) is 0 Å². The monoisotopic (exact) mass is 381 g/mol. The summed E-state index contributed by atoms with van der Waals surface area (Å²) in [4.78, 5) is 0. The molecule has 0 fully saturated rings. The summed E-state index contributed by atoms with van der Waals surface area (Å²) in [5.41, 5.74) is 5.35. The number of benzene rings is 1. The first-order chi connectivity index (χ1) is 8.88. The van der Waals surface area contributed by atoms with Crippen molar-refractivity contribution >= 4 is 58.0 Å². The number of phenolic OH excluding ortho intramolecular Hbond substituents is 1. The third-order valence-electron chi connectivity index (χ3n) is 2.01. The third-order valence-corrected chi connectivity index (χ3v) is 4.26. The van der Waals surface area contributed by atoms with E-state index >= 15 is 0 Å². The molecule has 0 amide bonds. The summed E-state index contributed by atoms with van der Waals surface area (Å²) < 4.78 is 0. The van der Waals surface area contributed by atoms with Crippen LogP contribution in [0.3, 0.4) is 0 Å². The fraction of sp³-hybridized carbons (Fsp3) is 0.500. The second-order valence-electron chi connectivity index (χ2n) is 4.96. The number of hydrogen-bond donors (Lipinski definition) is 3. The highest BCUT2D eigenvalue weighted by Gasteiger charge is 2.18. The van der Waals surface area contributed by atoms with E-state index in [1.165, 1.54) is 0 Å². The zero-order valence-corrected chi connectivity index (χ0v) is 14.9. The van der Waals surface area contributed by atoms with Crippen molar-refractivity contribution in [3.63, 3.8) is 0 Å². The molecule has 0 spiro atoms. The van der Waals surface area contributed by atoms with Gasteiger partial charge in [0.05, 0.1) is 21.2 Å². The first-order valence-electron chi connectivity index (χ1n) is 5.55. The smallest absolute Gasteiger partial charge is 0.155 e. The van der Waals surface area contributed by atoms with Crippen LogP contribution in [-0.2, 0) is 0 Å². The molecule has 0 aliphatic rings. The van der Waals surface area contributed by atoms with E-state index in [4.69, 9.17) is 68.8 Å². The zero-order chi connectivity index (χ0) is 16.2. The molecule has 0 aliphatic carbocycles. The molecule has 1 atom stereocenters. The third kappa shape index (κ3) is 6.44. The number of aromatic hydroxyl groups is 1. The van der Waals surface area contributed by atoms with Crippen LogP contribution in [0.5, 0.6) is 5.75 Å². The van der Waals surface area contributed by atoms with Crippen molar-refractivity contribution < 1.29 is 10.2 Å². The summed E-state index contributed by atoms with van der Waals surface area (Å²) in [7, 11) is 0. The van der Waals surface area contributed by atoms with Gasteiger partial charge in [-0.1, -0.05) is 58.0 Å². The highest BCUT2D eigenvalue weighted by Crippen LogP contribution is 2.47. The zero-order valence-electron chi connectivity index (χ0n) is 11.1. The quantitative estimate of drug-likeness (QED) is 0.488. The van der Waals surface area contributed by atoms with Gasteiger partial charge in [-0.2, -0.15) is 0 Å². The minimum Gasteiger partial charge on any atom is -0.505 e. The Balaban J connectivity index is 0.000000396. The van der Waals surface area contributed by atoms with Crippen LogP contribution in [0.2, 0.25) is 25.1 Å². The van der Waals surface area contributed by atoms with Gasteiger partial charge < -0.3 is 15.9 Å². The Hall–Kier alpha value is 0.390. The summed E-state index contributed by atoms with van der Waals surface area (Å²) in [5.74, 6) is -0.363. The molecule has 0 aromatic heterocycles. The Morgan fingerprint density at radius 2 is 1.25 bits per heavy atom. The van der Waals surface area contributed by atoms with Crippen molar-refractivity contribution in [2.45, 2.75) is 38.8 Å². The molecule has 20 heavy (non-hydrogen) atoms. The van der Waals surface area contributed by atoms with Crippen molar-refractivity contribution in [3.8, 4) is 5.75 Å². The van der Waals surface area contributed by atoms with Crippen molar-refractivity contribution in [2.24, 2.45) is 5.73 Å². The van der Waals surface area contributed by atoms with E-state index in [0.717, 1.165) is 0 Å². The van der Waals surface area contributed by atoms with E-state index in [1.807, 2.05) is 13.8 Å². The molecular formula is C12H16Cl5NO2. The number of aliphatic hydroxyl groups excluding tert-OH is 1. The lowest BCUT2D eigenvalue weighted by atomic mass is 9.99. The number of halogens is 5. The molecule has 1 aromatic rings. The van der Waals surface area contributed by atoms with Crippen LogP contribution in [0.25, 0.3) is 0 Å². The van der Waals surface area contributed by atoms with Crippen LogP contribution in [-0.4, -0.2) is 21.9 Å². The minimum absolute atomic E-state index is 0.00904.